The lowest BCUT2D eigenvalue weighted by molar-refractivity contribution is -0.184. The largest absolute Gasteiger partial charge is 0.393 e. The van der Waals surface area contributed by atoms with E-state index in [1.165, 1.54) is 15.3 Å². The number of halogens is 3. The van der Waals surface area contributed by atoms with Crippen molar-refractivity contribution in [2.45, 2.75) is 31.9 Å². The monoisotopic (exact) mass is 390 g/mol. The summed E-state index contributed by atoms with van der Waals surface area (Å²) in [5, 5.41) is 0. The fraction of sp³-hybridized carbons (Fsp3) is 0.588. The number of rotatable bonds is 2. The normalized spacial score (nSPS) is 21.5. The molecule has 0 bridgehead atoms. The highest BCUT2D eigenvalue weighted by atomic mass is 32.2. The minimum Gasteiger partial charge on any atom is -0.338 e. The molecule has 9 heteroatoms. The van der Waals surface area contributed by atoms with Crippen molar-refractivity contribution in [2.75, 3.05) is 30.2 Å². The highest BCUT2D eigenvalue weighted by Crippen LogP contribution is 2.34. The van der Waals surface area contributed by atoms with Gasteiger partial charge in [-0.2, -0.15) is 13.2 Å². The van der Waals surface area contributed by atoms with Gasteiger partial charge in [0.05, 0.1) is 17.9 Å². The number of fused-ring (bicyclic) bond motifs is 1. The minimum atomic E-state index is -4.30. The average molecular weight is 390 g/mol. The highest BCUT2D eigenvalue weighted by Gasteiger charge is 2.42. The fourth-order valence-electron chi connectivity index (χ4n) is 3.65. The van der Waals surface area contributed by atoms with E-state index in [2.05, 4.69) is 0 Å². The van der Waals surface area contributed by atoms with Crippen molar-refractivity contribution in [2.24, 2.45) is 5.92 Å². The molecule has 144 valence electrons. The maximum atomic E-state index is 13.0. The van der Waals surface area contributed by atoms with E-state index in [0.29, 0.717) is 43.6 Å². The average Bonchev–Trinajstić information content (AvgIpc) is 2.58. The summed E-state index contributed by atoms with van der Waals surface area (Å²) in [7, 11) is -3.40. The Kier molecular flexibility index (Phi) is 4.94. The molecule has 1 amide bonds. The third-order valence-electron chi connectivity index (χ3n) is 4.97. The molecule has 26 heavy (non-hydrogen) atoms. The van der Waals surface area contributed by atoms with Crippen molar-refractivity contribution in [1.29, 1.82) is 0 Å². The number of likely N-dealkylation sites (tertiary alicyclic amines) is 1. The summed E-state index contributed by atoms with van der Waals surface area (Å²) in [6, 6.07) is 4.70. The number of amides is 1. The first-order valence-electron chi connectivity index (χ1n) is 8.54. The van der Waals surface area contributed by atoms with Crippen LogP contribution in [0.1, 0.15) is 35.2 Å². The molecule has 3 rings (SSSR count). The van der Waals surface area contributed by atoms with Crippen LogP contribution in [0.2, 0.25) is 0 Å². The van der Waals surface area contributed by atoms with Crippen LogP contribution in [0.5, 0.6) is 0 Å². The lowest BCUT2D eigenvalue weighted by Crippen LogP contribution is -2.44. The van der Waals surface area contributed by atoms with Gasteiger partial charge in [0.1, 0.15) is 0 Å². The van der Waals surface area contributed by atoms with Crippen LogP contribution in [-0.4, -0.2) is 51.3 Å². The molecule has 2 aliphatic heterocycles. The van der Waals surface area contributed by atoms with Crippen LogP contribution >= 0.6 is 0 Å². The van der Waals surface area contributed by atoms with Gasteiger partial charge in [0, 0.05) is 25.2 Å². The van der Waals surface area contributed by atoms with Gasteiger partial charge < -0.3 is 4.90 Å². The van der Waals surface area contributed by atoms with Gasteiger partial charge >= 0.3 is 6.18 Å². The zero-order valence-corrected chi connectivity index (χ0v) is 15.2. The third-order valence-corrected chi connectivity index (χ3v) is 6.15. The van der Waals surface area contributed by atoms with E-state index in [0.717, 1.165) is 11.8 Å². The molecule has 0 radical (unpaired) electrons. The topological polar surface area (TPSA) is 57.7 Å². The van der Waals surface area contributed by atoms with Crippen LogP contribution in [0.25, 0.3) is 0 Å². The molecule has 2 aliphatic rings. The number of hydrogen-bond acceptors (Lipinski definition) is 3. The number of alkyl halides is 3. The standard InChI is InChI=1S/C17H21F3N2O3S/c1-26(24,25)22-9-2-4-12-10-13(6-7-15(12)22)16(23)21-8-3-5-14(11-21)17(18,19)20/h6-7,10,14H,2-5,8-9,11H2,1H3/t14-/m0/s1. The molecular weight excluding hydrogens is 369 g/mol. The van der Waals surface area contributed by atoms with Crippen molar-refractivity contribution in [1.82, 2.24) is 4.90 Å². The maximum absolute atomic E-state index is 13.0. The summed E-state index contributed by atoms with van der Waals surface area (Å²) in [5.74, 6) is -1.92. The Morgan fingerprint density at radius 2 is 1.92 bits per heavy atom. The molecule has 1 aromatic rings. The molecule has 1 atom stereocenters. The second-order valence-corrected chi connectivity index (χ2v) is 8.82. The summed E-state index contributed by atoms with van der Waals surface area (Å²) in [6.07, 6.45) is -1.54. The van der Waals surface area contributed by atoms with Gasteiger partial charge in [-0.1, -0.05) is 0 Å². The van der Waals surface area contributed by atoms with E-state index >= 15 is 0 Å². The predicted octanol–water partition coefficient (Wildman–Crippen LogP) is 2.81. The number of anilines is 1. The van der Waals surface area contributed by atoms with E-state index in [1.54, 1.807) is 12.1 Å². The van der Waals surface area contributed by atoms with Crippen LogP contribution in [0.3, 0.4) is 0 Å². The Hall–Kier alpha value is -1.77. The minimum absolute atomic E-state index is 0.0424. The maximum Gasteiger partial charge on any atom is 0.393 e. The van der Waals surface area contributed by atoms with E-state index in [1.807, 2.05) is 0 Å². The first-order valence-corrected chi connectivity index (χ1v) is 10.4. The number of sulfonamides is 1. The molecule has 0 saturated carbocycles. The lowest BCUT2D eigenvalue weighted by atomic mass is 9.96. The second-order valence-electron chi connectivity index (χ2n) is 6.91. The van der Waals surface area contributed by atoms with Crippen molar-refractivity contribution in [3.63, 3.8) is 0 Å². The summed E-state index contributed by atoms with van der Waals surface area (Å²) in [5.41, 5.74) is 1.58. The number of carbonyl (C=O) groups excluding carboxylic acids is 1. The van der Waals surface area contributed by atoms with Crippen molar-refractivity contribution < 1.29 is 26.4 Å². The quantitative estimate of drug-likeness (QED) is 0.780. The number of hydrogen-bond donors (Lipinski definition) is 0. The first-order chi connectivity index (χ1) is 12.1. The zero-order chi connectivity index (χ0) is 19.1. The molecule has 1 fully saturated rings. The summed E-state index contributed by atoms with van der Waals surface area (Å²) in [4.78, 5) is 13.9. The lowest BCUT2D eigenvalue weighted by Gasteiger charge is -2.34. The van der Waals surface area contributed by atoms with Gasteiger partial charge in [0.25, 0.3) is 5.91 Å². The molecular formula is C17H21F3N2O3S. The van der Waals surface area contributed by atoms with Gasteiger partial charge in [-0.3, -0.25) is 9.10 Å². The van der Waals surface area contributed by atoms with E-state index in [4.69, 9.17) is 0 Å². The van der Waals surface area contributed by atoms with E-state index in [9.17, 15) is 26.4 Å². The number of nitrogens with zero attached hydrogens (tertiary/aromatic N) is 2. The van der Waals surface area contributed by atoms with Gasteiger partial charge in [-0.05, 0) is 49.4 Å². The Morgan fingerprint density at radius 3 is 2.58 bits per heavy atom. The number of benzene rings is 1. The third kappa shape index (κ3) is 3.82. The van der Waals surface area contributed by atoms with Gasteiger partial charge in [-0.25, -0.2) is 8.42 Å². The Bertz CT molecular complexity index is 808. The van der Waals surface area contributed by atoms with Crippen LogP contribution < -0.4 is 4.31 Å². The van der Waals surface area contributed by atoms with Crippen LogP contribution in [0.4, 0.5) is 18.9 Å². The van der Waals surface area contributed by atoms with Crippen LogP contribution in [-0.2, 0) is 16.4 Å². The molecule has 0 unspecified atom stereocenters. The van der Waals surface area contributed by atoms with Crippen molar-refractivity contribution in [3.05, 3.63) is 29.3 Å². The van der Waals surface area contributed by atoms with Crippen LogP contribution in [0.15, 0.2) is 18.2 Å². The smallest absolute Gasteiger partial charge is 0.338 e. The SMILES string of the molecule is CS(=O)(=O)N1CCCc2cc(C(=O)N3CCC[C@H](C(F)(F)F)C3)ccc21. The number of carbonyl (C=O) groups is 1. The molecule has 2 heterocycles. The van der Waals surface area contributed by atoms with Crippen LogP contribution in [0, 0.1) is 5.92 Å². The number of aryl methyl sites for hydroxylation is 1. The Morgan fingerprint density at radius 1 is 1.19 bits per heavy atom. The van der Waals surface area contributed by atoms with Gasteiger partial charge in [0.15, 0.2) is 0 Å². The Labute approximate surface area is 150 Å². The molecule has 0 aromatic heterocycles. The van der Waals surface area contributed by atoms with E-state index in [-0.39, 0.29) is 13.0 Å². The van der Waals surface area contributed by atoms with Crippen molar-refractivity contribution in [3.8, 4) is 0 Å². The highest BCUT2D eigenvalue weighted by molar-refractivity contribution is 7.92. The Balaban J connectivity index is 1.83. The molecule has 0 spiro atoms. The van der Waals surface area contributed by atoms with Gasteiger partial charge in [-0.15, -0.1) is 0 Å². The fourth-order valence-corrected chi connectivity index (χ4v) is 4.65. The predicted molar refractivity (Wildman–Crippen MR) is 91.6 cm³/mol. The number of piperidine rings is 1. The molecule has 0 aliphatic carbocycles. The second kappa shape index (κ2) is 6.75. The molecule has 5 nitrogen and oxygen atoms in total. The van der Waals surface area contributed by atoms with Gasteiger partial charge in [0.2, 0.25) is 10.0 Å². The van der Waals surface area contributed by atoms with E-state index < -0.39 is 28.0 Å². The summed E-state index contributed by atoms with van der Waals surface area (Å²) in [6.45, 7) is 0.366. The molecule has 1 aromatic carbocycles. The molecule has 0 N–H and O–H groups in total. The van der Waals surface area contributed by atoms with Crippen molar-refractivity contribution >= 4 is 21.6 Å². The first kappa shape index (κ1) is 19.0. The summed E-state index contributed by atoms with van der Waals surface area (Å²) < 4.78 is 64.0. The summed E-state index contributed by atoms with van der Waals surface area (Å²) >= 11 is 0. The molecule has 1 saturated heterocycles. The zero-order valence-electron chi connectivity index (χ0n) is 14.4.